The topological polar surface area (TPSA) is 56.7 Å². The molecule has 1 aliphatic rings. The van der Waals surface area contributed by atoms with Gasteiger partial charge in [-0.1, -0.05) is 6.92 Å². The second-order valence-corrected chi connectivity index (χ2v) is 4.21. The Morgan fingerprint density at radius 2 is 1.94 bits per heavy atom. The molecule has 1 rings (SSSR count). The van der Waals surface area contributed by atoms with E-state index in [2.05, 4.69) is 20.5 Å². The number of rotatable bonds is 5. The van der Waals surface area contributed by atoms with Gasteiger partial charge in [-0.25, -0.2) is 4.99 Å². The summed E-state index contributed by atoms with van der Waals surface area (Å²) in [5, 5.41) is 6.06. The van der Waals surface area contributed by atoms with Crippen LogP contribution in [0.5, 0.6) is 0 Å². The Kier molecular flexibility index (Phi) is 6.43. The van der Waals surface area contributed by atoms with Crippen LogP contribution in [0.2, 0.25) is 0 Å². The van der Waals surface area contributed by atoms with Crippen LogP contribution >= 0.6 is 0 Å². The van der Waals surface area contributed by atoms with Crippen LogP contribution < -0.4 is 10.6 Å². The lowest BCUT2D eigenvalue weighted by molar-refractivity contribution is -0.119. The van der Waals surface area contributed by atoms with Crippen molar-refractivity contribution in [1.82, 2.24) is 15.5 Å². The van der Waals surface area contributed by atoms with Crippen LogP contribution in [0.3, 0.4) is 0 Å². The molecule has 0 aromatic rings. The minimum absolute atomic E-state index is 0.00134. The predicted octanol–water partition coefficient (Wildman–Crippen LogP) is 0.574. The second kappa shape index (κ2) is 7.92. The number of amides is 1. The molecule has 0 aliphatic carbocycles. The van der Waals surface area contributed by atoms with Crippen molar-refractivity contribution in [2.75, 3.05) is 32.7 Å². The highest BCUT2D eigenvalue weighted by Crippen LogP contribution is 2.07. The van der Waals surface area contributed by atoms with Gasteiger partial charge < -0.3 is 15.5 Å². The Morgan fingerprint density at radius 3 is 2.53 bits per heavy atom. The van der Waals surface area contributed by atoms with Crippen LogP contribution in [-0.2, 0) is 4.79 Å². The largest absolute Gasteiger partial charge is 0.357 e. The van der Waals surface area contributed by atoms with E-state index in [4.69, 9.17) is 0 Å². The second-order valence-electron chi connectivity index (χ2n) is 4.21. The van der Waals surface area contributed by atoms with Crippen molar-refractivity contribution in [2.24, 2.45) is 4.99 Å². The van der Waals surface area contributed by atoms with Crippen molar-refractivity contribution in [2.45, 2.75) is 33.1 Å². The molecule has 0 saturated carbocycles. The van der Waals surface area contributed by atoms with Crippen LogP contribution in [-0.4, -0.2) is 49.5 Å². The zero-order valence-corrected chi connectivity index (χ0v) is 11.0. The lowest BCUT2D eigenvalue weighted by Gasteiger charge is -2.20. The van der Waals surface area contributed by atoms with E-state index >= 15 is 0 Å². The molecule has 5 nitrogen and oxygen atoms in total. The van der Waals surface area contributed by atoms with E-state index in [9.17, 15) is 4.79 Å². The van der Waals surface area contributed by atoms with E-state index in [-0.39, 0.29) is 12.5 Å². The van der Waals surface area contributed by atoms with E-state index in [0.29, 0.717) is 0 Å². The number of nitrogens with one attached hydrogen (secondary N) is 2. The molecule has 17 heavy (non-hydrogen) atoms. The van der Waals surface area contributed by atoms with Crippen molar-refractivity contribution in [3.05, 3.63) is 0 Å². The van der Waals surface area contributed by atoms with Gasteiger partial charge in [0.25, 0.3) is 0 Å². The molecule has 0 aromatic heterocycles. The maximum absolute atomic E-state index is 11.5. The third-order valence-corrected chi connectivity index (χ3v) is 2.69. The molecule has 0 radical (unpaired) electrons. The summed E-state index contributed by atoms with van der Waals surface area (Å²) in [6, 6.07) is 0. The van der Waals surface area contributed by atoms with Crippen LogP contribution in [0, 0.1) is 0 Å². The van der Waals surface area contributed by atoms with E-state index in [1.54, 1.807) is 0 Å². The van der Waals surface area contributed by atoms with E-state index in [1.807, 2.05) is 13.8 Å². The lowest BCUT2D eigenvalue weighted by Crippen LogP contribution is -2.40. The summed E-state index contributed by atoms with van der Waals surface area (Å²) in [5.41, 5.74) is 0. The molecule has 98 valence electrons. The van der Waals surface area contributed by atoms with Gasteiger partial charge in [-0.05, 0) is 26.2 Å². The van der Waals surface area contributed by atoms with Gasteiger partial charge in [-0.15, -0.1) is 0 Å². The average molecular weight is 240 g/mol. The van der Waals surface area contributed by atoms with Gasteiger partial charge in [-0.3, -0.25) is 4.79 Å². The Labute approximate surface area is 104 Å². The Morgan fingerprint density at radius 1 is 1.24 bits per heavy atom. The van der Waals surface area contributed by atoms with E-state index in [0.717, 1.165) is 38.6 Å². The number of aliphatic imine (C=N–C) groups is 1. The molecular weight excluding hydrogens is 216 g/mol. The molecule has 1 fully saturated rings. The van der Waals surface area contributed by atoms with Gasteiger partial charge in [0.1, 0.15) is 6.54 Å². The Balaban J connectivity index is 2.42. The van der Waals surface area contributed by atoms with Gasteiger partial charge in [0.05, 0.1) is 0 Å². The van der Waals surface area contributed by atoms with Crippen molar-refractivity contribution in [3.63, 3.8) is 0 Å². The fraction of sp³-hybridized carbons (Fsp3) is 0.833. The molecule has 0 bridgehead atoms. The monoisotopic (exact) mass is 240 g/mol. The standard InChI is InChI=1S/C12H24N4O/c1-3-7-14-11(17)10-15-12(13-4-2)16-8-5-6-9-16/h3-10H2,1-2H3,(H,13,15)(H,14,17). The van der Waals surface area contributed by atoms with Crippen molar-refractivity contribution in [1.29, 1.82) is 0 Å². The molecule has 0 aromatic carbocycles. The molecule has 2 N–H and O–H groups in total. The summed E-state index contributed by atoms with van der Waals surface area (Å²) >= 11 is 0. The fourth-order valence-electron chi connectivity index (χ4n) is 1.82. The number of hydrogen-bond acceptors (Lipinski definition) is 2. The van der Waals surface area contributed by atoms with E-state index in [1.165, 1.54) is 12.8 Å². The van der Waals surface area contributed by atoms with Gasteiger partial charge in [0.2, 0.25) is 5.91 Å². The summed E-state index contributed by atoms with van der Waals surface area (Å²) < 4.78 is 0. The minimum Gasteiger partial charge on any atom is -0.357 e. The first-order valence-electron chi connectivity index (χ1n) is 6.57. The number of guanidine groups is 1. The quantitative estimate of drug-likeness (QED) is 0.546. The number of carbonyl (C=O) groups excluding carboxylic acids is 1. The maximum atomic E-state index is 11.5. The number of likely N-dealkylation sites (tertiary alicyclic amines) is 1. The molecule has 1 saturated heterocycles. The SMILES string of the molecule is CCCNC(=O)CN=C(NCC)N1CCCC1. The zero-order chi connectivity index (χ0) is 12.5. The molecule has 0 spiro atoms. The summed E-state index contributed by atoms with van der Waals surface area (Å²) in [4.78, 5) is 18.0. The van der Waals surface area contributed by atoms with Crippen molar-refractivity contribution < 1.29 is 4.79 Å². The van der Waals surface area contributed by atoms with Crippen molar-refractivity contribution in [3.8, 4) is 0 Å². The first-order chi connectivity index (χ1) is 8.27. The molecule has 1 aliphatic heterocycles. The molecule has 0 unspecified atom stereocenters. The highest BCUT2D eigenvalue weighted by atomic mass is 16.1. The molecule has 5 heteroatoms. The predicted molar refractivity (Wildman–Crippen MR) is 70.1 cm³/mol. The Bertz CT molecular complexity index is 259. The summed E-state index contributed by atoms with van der Waals surface area (Å²) in [6.07, 6.45) is 3.39. The van der Waals surface area contributed by atoms with Crippen LogP contribution in [0.25, 0.3) is 0 Å². The number of carbonyl (C=O) groups is 1. The molecule has 1 heterocycles. The van der Waals surface area contributed by atoms with Crippen LogP contribution in [0.4, 0.5) is 0 Å². The third kappa shape index (κ3) is 5.06. The summed E-state index contributed by atoms with van der Waals surface area (Å²) in [5.74, 6) is 0.873. The van der Waals surface area contributed by atoms with Gasteiger partial charge in [0.15, 0.2) is 5.96 Å². The molecule has 1 amide bonds. The van der Waals surface area contributed by atoms with Gasteiger partial charge >= 0.3 is 0 Å². The number of hydrogen-bond donors (Lipinski definition) is 2. The van der Waals surface area contributed by atoms with Gasteiger partial charge in [0, 0.05) is 26.2 Å². The first-order valence-corrected chi connectivity index (χ1v) is 6.57. The highest BCUT2D eigenvalue weighted by molar-refractivity contribution is 5.85. The summed E-state index contributed by atoms with van der Waals surface area (Å²) in [6.45, 7) is 7.96. The van der Waals surface area contributed by atoms with E-state index < -0.39 is 0 Å². The maximum Gasteiger partial charge on any atom is 0.241 e. The molecular formula is C12H24N4O. The minimum atomic E-state index is 0.00134. The normalized spacial score (nSPS) is 16.1. The summed E-state index contributed by atoms with van der Waals surface area (Å²) in [7, 11) is 0. The van der Waals surface area contributed by atoms with Crippen molar-refractivity contribution >= 4 is 11.9 Å². The number of nitrogens with zero attached hydrogens (tertiary/aromatic N) is 2. The third-order valence-electron chi connectivity index (χ3n) is 2.69. The lowest BCUT2D eigenvalue weighted by atomic mass is 10.4. The molecule has 0 atom stereocenters. The van der Waals surface area contributed by atoms with Crippen LogP contribution in [0.1, 0.15) is 33.1 Å². The smallest absolute Gasteiger partial charge is 0.241 e. The Hall–Kier alpha value is -1.26. The average Bonchev–Trinajstić information content (AvgIpc) is 2.85. The first kappa shape index (κ1) is 13.8. The highest BCUT2D eigenvalue weighted by Gasteiger charge is 2.15. The zero-order valence-electron chi connectivity index (χ0n) is 11.0. The van der Waals surface area contributed by atoms with Crippen LogP contribution in [0.15, 0.2) is 4.99 Å². The van der Waals surface area contributed by atoms with Gasteiger partial charge in [-0.2, -0.15) is 0 Å². The fourth-order valence-corrected chi connectivity index (χ4v) is 1.82.